The minimum atomic E-state index is 0.0151. The van der Waals surface area contributed by atoms with Gasteiger partial charge in [0.1, 0.15) is 23.7 Å². The SMILES string of the molecule is CC(C)c1ccccc1Oc1ccc(N2CC[C@H](Oc3ccc(C#N)cn3)C2)c(CCO)c1. The summed E-state index contributed by atoms with van der Waals surface area (Å²) < 4.78 is 12.3. The van der Waals surface area contributed by atoms with Crippen LogP contribution in [0.1, 0.15) is 42.9 Å². The minimum Gasteiger partial charge on any atom is -0.472 e. The van der Waals surface area contributed by atoms with Crippen LogP contribution in [0.2, 0.25) is 0 Å². The van der Waals surface area contributed by atoms with Crippen molar-refractivity contribution in [2.24, 2.45) is 0 Å². The van der Waals surface area contributed by atoms with Crippen molar-refractivity contribution in [1.29, 1.82) is 5.26 Å². The lowest BCUT2D eigenvalue weighted by Crippen LogP contribution is -2.25. The quantitative estimate of drug-likeness (QED) is 0.524. The number of nitriles is 1. The predicted octanol–water partition coefficient (Wildman–Crippen LogP) is 5.06. The molecule has 6 heteroatoms. The molecule has 1 saturated heterocycles. The number of ether oxygens (including phenoxy) is 2. The maximum absolute atomic E-state index is 9.66. The number of hydrogen-bond donors (Lipinski definition) is 1. The summed E-state index contributed by atoms with van der Waals surface area (Å²) in [5.41, 5.74) is 3.82. The van der Waals surface area contributed by atoms with E-state index in [4.69, 9.17) is 14.7 Å². The molecule has 0 radical (unpaired) electrons. The third-order valence-corrected chi connectivity index (χ3v) is 5.84. The number of rotatable bonds is 8. The summed E-state index contributed by atoms with van der Waals surface area (Å²) >= 11 is 0. The largest absolute Gasteiger partial charge is 0.472 e. The number of aromatic nitrogens is 1. The summed E-state index contributed by atoms with van der Waals surface area (Å²) in [5, 5.41) is 18.6. The lowest BCUT2D eigenvalue weighted by Gasteiger charge is -2.23. The predicted molar refractivity (Wildman–Crippen MR) is 128 cm³/mol. The van der Waals surface area contributed by atoms with Crippen molar-refractivity contribution in [1.82, 2.24) is 4.98 Å². The van der Waals surface area contributed by atoms with E-state index in [9.17, 15) is 5.11 Å². The molecule has 2 heterocycles. The molecular formula is C27H29N3O3. The topological polar surface area (TPSA) is 78.6 Å². The molecule has 3 aromatic rings. The van der Waals surface area contributed by atoms with Gasteiger partial charge in [-0.25, -0.2) is 4.98 Å². The second-order valence-corrected chi connectivity index (χ2v) is 8.53. The highest BCUT2D eigenvalue weighted by atomic mass is 16.5. The Balaban J connectivity index is 1.48. The average molecular weight is 444 g/mol. The van der Waals surface area contributed by atoms with E-state index in [1.54, 1.807) is 12.1 Å². The van der Waals surface area contributed by atoms with Gasteiger partial charge in [0, 0.05) is 37.5 Å². The number of aliphatic hydroxyl groups excluding tert-OH is 1. The highest BCUT2D eigenvalue weighted by Crippen LogP contribution is 2.34. The van der Waals surface area contributed by atoms with Crippen LogP contribution in [0.25, 0.3) is 0 Å². The molecule has 0 bridgehead atoms. The summed E-state index contributed by atoms with van der Waals surface area (Å²) in [6.07, 6.45) is 2.97. The molecule has 2 aromatic carbocycles. The molecule has 1 N–H and O–H groups in total. The average Bonchev–Trinajstić information content (AvgIpc) is 3.28. The first kappa shape index (κ1) is 22.6. The van der Waals surface area contributed by atoms with Crippen molar-refractivity contribution >= 4 is 5.69 Å². The Morgan fingerprint density at radius 1 is 1.18 bits per heavy atom. The van der Waals surface area contributed by atoms with Gasteiger partial charge in [-0.15, -0.1) is 0 Å². The van der Waals surface area contributed by atoms with Crippen LogP contribution in [0.3, 0.4) is 0 Å². The van der Waals surface area contributed by atoms with E-state index in [1.807, 2.05) is 30.3 Å². The first-order valence-corrected chi connectivity index (χ1v) is 11.4. The number of anilines is 1. The zero-order valence-electron chi connectivity index (χ0n) is 19.1. The van der Waals surface area contributed by atoms with Gasteiger partial charge in [0.15, 0.2) is 0 Å². The van der Waals surface area contributed by atoms with Crippen LogP contribution in [0.15, 0.2) is 60.8 Å². The van der Waals surface area contributed by atoms with Gasteiger partial charge in [-0.2, -0.15) is 5.26 Å². The molecule has 0 saturated carbocycles. The summed E-state index contributed by atoms with van der Waals surface area (Å²) in [4.78, 5) is 6.50. The fourth-order valence-corrected chi connectivity index (χ4v) is 4.16. The van der Waals surface area contributed by atoms with Crippen molar-refractivity contribution < 1.29 is 14.6 Å². The number of benzene rings is 2. The second-order valence-electron chi connectivity index (χ2n) is 8.53. The third-order valence-electron chi connectivity index (χ3n) is 5.84. The van der Waals surface area contributed by atoms with E-state index in [0.717, 1.165) is 42.3 Å². The van der Waals surface area contributed by atoms with Gasteiger partial charge < -0.3 is 19.5 Å². The van der Waals surface area contributed by atoms with E-state index < -0.39 is 0 Å². The molecule has 1 aromatic heterocycles. The van der Waals surface area contributed by atoms with Gasteiger partial charge >= 0.3 is 0 Å². The Morgan fingerprint density at radius 2 is 2.03 bits per heavy atom. The number of aliphatic hydroxyl groups is 1. The van der Waals surface area contributed by atoms with Crippen LogP contribution in [0.5, 0.6) is 17.4 Å². The van der Waals surface area contributed by atoms with Gasteiger partial charge in [0.05, 0.1) is 12.1 Å². The fraction of sp³-hybridized carbons (Fsp3) is 0.333. The number of nitrogens with zero attached hydrogens (tertiary/aromatic N) is 3. The molecule has 1 fully saturated rings. The molecule has 170 valence electrons. The number of hydrogen-bond acceptors (Lipinski definition) is 6. The Morgan fingerprint density at radius 3 is 2.76 bits per heavy atom. The second kappa shape index (κ2) is 10.4. The van der Waals surface area contributed by atoms with Crippen molar-refractivity contribution in [2.45, 2.75) is 38.7 Å². The lowest BCUT2D eigenvalue weighted by molar-refractivity contribution is 0.216. The standard InChI is InChI=1S/C27H29N3O3/c1-19(2)24-5-3-4-6-26(24)32-22-8-9-25(21(15-22)12-14-31)30-13-11-23(18-30)33-27-10-7-20(16-28)17-29-27/h3-10,15,17,19,23,31H,11-14,18H2,1-2H3/t23-/m0/s1. The maximum Gasteiger partial charge on any atom is 0.213 e. The minimum absolute atomic E-state index is 0.0151. The fourth-order valence-electron chi connectivity index (χ4n) is 4.16. The van der Waals surface area contributed by atoms with Crippen LogP contribution >= 0.6 is 0 Å². The van der Waals surface area contributed by atoms with Crippen LogP contribution in [0, 0.1) is 11.3 Å². The number of para-hydroxylation sites is 1. The van der Waals surface area contributed by atoms with Gasteiger partial charge in [-0.05, 0) is 53.8 Å². The van der Waals surface area contributed by atoms with E-state index in [0.29, 0.717) is 23.8 Å². The molecular weight excluding hydrogens is 414 g/mol. The molecule has 4 rings (SSSR count). The molecule has 0 aliphatic carbocycles. The van der Waals surface area contributed by atoms with Gasteiger partial charge in [0.25, 0.3) is 0 Å². The zero-order chi connectivity index (χ0) is 23.2. The van der Waals surface area contributed by atoms with Crippen molar-refractivity contribution in [3.8, 4) is 23.4 Å². The highest BCUT2D eigenvalue weighted by Gasteiger charge is 2.26. The normalized spacial score (nSPS) is 15.5. The van der Waals surface area contributed by atoms with E-state index in [-0.39, 0.29) is 12.7 Å². The van der Waals surface area contributed by atoms with Gasteiger partial charge in [-0.3, -0.25) is 0 Å². The summed E-state index contributed by atoms with van der Waals surface area (Å²) in [6, 6.07) is 19.7. The summed E-state index contributed by atoms with van der Waals surface area (Å²) in [7, 11) is 0. The van der Waals surface area contributed by atoms with Gasteiger partial charge in [0.2, 0.25) is 5.88 Å². The lowest BCUT2D eigenvalue weighted by atomic mass is 10.0. The summed E-state index contributed by atoms with van der Waals surface area (Å²) in [5.74, 6) is 2.53. The van der Waals surface area contributed by atoms with Crippen LogP contribution in [0.4, 0.5) is 5.69 Å². The van der Waals surface area contributed by atoms with E-state index in [2.05, 4.69) is 41.9 Å². The smallest absolute Gasteiger partial charge is 0.213 e. The molecule has 0 unspecified atom stereocenters. The van der Waals surface area contributed by atoms with Gasteiger partial charge in [-0.1, -0.05) is 32.0 Å². The van der Waals surface area contributed by atoms with E-state index in [1.165, 1.54) is 11.8 Å². The Bertz CT molecular complexity index is 1120. The van der Waals surface area contributed by atoms with Crippen molar-refractivity contribution in [2.75, 3.05) is 24.6 Å². The maximum atomic E-state index is 9.66. The zero-order valence-corrected chi connectivity index (χ0v) is 19.1. The molecule has 1 aliphatic rings. The van der Waals surface area contributed by atoms with Crippen LogP contribution in [-0.4, -0.2) is 35.9 Å². The van der Waals surface area contributed by atoms with Crippen molar-refractivity contribution in [3.05, 3.63) is 77.5 Å². The first-order valence-electron chi connectivity index (χ1n) is 11.4. The van der Waals surface area contributed by atoms with Crippen LogP contribution < -0.4 is 14.4 Å². The first-order chi connectivity index (χ1) is 16.1. The highest BCUT2D eigenvalue weighted by molar-refractivity contribution is 5.58. The molecule has 6 nitrogen and oxygen atoms in total. The summed E-state index contributed by atoms with van der Waals surface area (Å²) in [6.45, 7) is 5.97. The third kappa shape index (κ3) is 5.44. The number of pyridine rings is 1. The molecule has 0 amide bonds. The Hall–Kier alpha value is -3.56. The van der Waals surface area contributed by atoms with E-state index >= 15 is 0 Å². The monoisotopic (exact) mass is 443 g/mol. The Kier molecular flexibility index (Phi) is 7.11. The Labute approximate surface area is 195 Å². The molecule has 1 atom stereocenters. The molecule has 0 spiro atoms. The molecule has 33 heavy (non-hydrogen) atoms. The van der Waals surface area contributed by atoms with Crippen LogP contribution in [-0.2, 0) is 6.42 Å². The molecule has 1 aliphatic heterocycles. The van der Waals surface area contributed by atoms with Crippen molar-refractivity contribution in [3.63, 3.8) is 0 Å².